The minimum atomic E-state index is -4.67. The Labute approximate surface area is 378 Å². The Morgan fingerprint density at radius 3 is 2.62 bits per heavy atom. The molecule has 17 heteroatoms. The first-order valence-corrected chi connectivity index (χ1v) is 24.2. The number of hydrogen-bond acceptors (Lipinski definition) is 13. The molecule has 3 saturated heterocycles. The van der Waals surface area contributed by atoms with E-state index in [2.05, 4.69) is 67.5 Å². The summed E-state index contributed by atoms with van der Waals surface area (Å²) in [5.74, 6) is -0.246. The number of benzene rings is 3. The van der Waals surface area contributed by atoms with Gasteiger partial charge in [-0.1, -0.05) is 38.1 Å². The first kappa shape index (κ1) is 43.2. The Morgan fingerprint density at radius 1 is 1.03 bits per heavy atom. The molecule has 2 aromatic heterocycles. The smallest absolute Gasteiger partial charge is 0.316 e. The number of anilines is 1. The first-order chi connectivity index (χ1) is 31.4. The Balaban J connectivity index is 0.853. The predicted octanol–water partition coefficient (Wildman–Crippen LogP) is 7.56. The molecule has 2 N–H and O–H groups in total. The van der Waals surface area contributed by atoms with E-state index in [-0.39, 0.29) is 29.4 Å². The second-order valence-electron chi connectivity index (χ2n) is 18.5. The van der Waals surface area contributed by atoms with Gasteiger partial charge in [-0.3, -0.25) is 24.7 Å². The molecule has 4 aliphatic heterocycles. The summed E-state index contributed by atoms with van der Waals surface area (Å²) in [6.45, 7) is 10.4. The summed E-state index contributed by atoms with van der Waals surface area (Å²) in [7, 11) is -4.67. The van der Waals surface area contributed by atoms with E-state index in [1.807, 2.05) is 12.1 Å². The second kappa shape index (κ2) is 17.6. The van der Waals surface area contributed by atoms with Crippen molar-refractivity contribution in [2.75, 3.05) is 64.0 Å². The van der Waals surface area contributed by atoms with Crippen molar-refractivity contribution in [3.8, 4) is 23.0 Å². The molecule has 4 fully saturated rings. The molecule has 1 spiro atoms. The average Bonchev–Trinajstić information content (AvgIpc) is 3.98. The molecule has 5 aromatic rings. The zero-order valence-corrected chi connectivity index (χ0v) is 37.6. The average molecular weight is 906 g/mol. The summed E-state index contributed by atoms with van der Waals surface area (Å²) < 4.78 is 53.6. The lowest BCUT2D eigenvalue weighted by Crippen LogP contribution is -2.54. The van der Waals surface area contributed by atoms with Crippen LogP contribution in [-0.4, -0.2) is 110 Å². The highest BCUT2D eigenvalue weighted by molar-refractivity contribution is 7.90. The molecule has 65 heavy (non-hydrogen) atoms. The number of aromatic amines is 1. The molecule has 0 bridgehead atoms. The number of rotatable bonds is 12. The largest absolute Gasteiger partial charge is 0.485 e. The van der Waals surface area contributed by atoms with Crippen molar-refractivity contribution >= 4 is 38.3 Å². The number of nitro groups is 1. The highest BCUT2D eigenvalue weighted by atomic mass is 32.2. The number of fused-ring (bicyclic) bond motifs is 2. The Hall–Kier alpha value is -5.75. The van der Waals surface area contributed by atoms with Gasteiger partial charge in [0.05, 0.1) is 34.8 Å². The third-order valence-electron chi connectivity index (χ3n) is 14.1. The summed E-state index contributed by atoms with van der Waals surface area (Å²) in [5.41, 5.74) is 4.13. The van der Waals surface area contributed by atoms with E-state index in [0.717, 1.165) is 55.7 Å². The molecule has 0 unspecified atom stereocenters. The van der Waals surface area contributed by atoms with Crippen molar-refractivity contribution in [2.24, 2.45) is 5.41 Å². The van der Waals surface area contributed by atoms with E-state index in [1.54, 1.807) is 24.4 Å². The molecule has 16 nitrogen and oxygen atoms in total. The number of nitro benzene ring substituents is 1. The number of piperidine rings is 1. The molecule has 5 aliphatic rings. The molecule has 1 amide bonds. The molecule has 2 atom stereocenters. The third-order valence-corrected chi connectivity index (χ3v) is 15.4. The maximum absolute atomic E-state index is 14.1. The van der Waals surface area contributed by atoms with Crippen molar-refractivity contribution in [2.45, 2.75) is 81.4 Å². The van der Waals surface area contributed by atoms with Crippen molar-refractivity contribution in [3.63, 3.8) is 0 Å². The SMILES string of the molecule is CC(C)c1ccccc1[C@@H]1CCCN1C1CC2(CCN(c3ccc(C(=O)NS(=O)(=O)c4cc5c(c([N+](=O)[O-])c4)O[C@H](CN4CCOCC4)CO5)c(Oc4cnc5[nH]ccc5c4)c3)CC2)C1. The number of hydrogen-bond donors (Lipinski definition) is 2. The fraction of sp³-hybridized carbons (Fsp3) is 0.458. The summed E-state index contributed by atoms with van der Waals surface area (Å²) in [5, 5.41) is 13.1. The maximum Gasteiger partial charge on any atom is 0.316 e. The van der Waals surface area contributed by atoms with Gasteiger partial charge in [-0.2, -0.15) is 0 Å². The van der Waals surface area contributed by atoms with E-state index in [1.165, 1.54) is 43.0 Å². The summed E-state index contributed by atoms with van der Waals surface area (Å²) >= 11 is 0. The van der Waals surface area contributed by atoms with Gasteiger partial charge in [0.1, 0.15) is 29.9 Å². The van der Waals surface area contributed by atoms with Gasteiger partial charge < -0.3 is 28.8 Å². The number of ether oxygens (including phenoxy) is 4. The lowest BCUT2D eigenvalue weighted by molar-refractivity contribution is -0.386. The van der Waals surface area contributed by atoms with Gasteiger partial charge in [0.15, 0.2) is 5.75 Å². The number of pyridine rings is 1. The highest BCUT2D eigenvalue weighted by Crippen LogP contribution is 2.54. The zero-order valence-electron chi connectivity index (χ0n) is 36.7. The minimum Gasteiger partial charge on any atom is -0.485 e. The van der Waals surface area contributed by atoms with Gasteiger partial charge in [-0.25, -0.2) is 18.1 Å². The van der Waals surface area contributed by atoms with E-state index >= 15 is 0 Å². The van der Waals surface area contributed by atoms with Crippen LogP contribution in [0.5, 0.6) is 23.0 Å². The van der Waals surface area contributed by atoms with Crippen LogP contribution in [0, 0.1) is 15.5 Å². The number of sulfonamides is 1. The number of nitrogens with zero attached hydrogens (tertiary/aromatic N) is 5. The quantitative estimate of drug-likeness (QED) is 0.0926. The summed E-state index contributed by atoms with van der Waals surface area (Å²) in [6.07, 6.45) is 9.70. The second-order valence-corrected chi connectivity index (χ2v) is 20.2. The number of nitrogens with one attached hydrogen (secondary N) is 2. The van der Waals surface area contributed by atoms with Crippen LogP contribution < -0.4 is 23.8 Å². The van der Waals surface area contributed by atoms with Crippen LogP contribution in [0.15, 0.2) is 84.0 Å². The third kappa shape index (κ3) is 8.74. The monoisotopic (exact) mass is 905 g/mol. The number of likely N-dealkylation sites (tertiary alicyclic amines) is 1. The Bertz CT molecular complexity index is 2700. The fourth-order valence-corrected chi connectivity index (χ4v) is 11.7. The predicted molar refractivity (Wildman–Crippen MR) is 244 cm³/mol. The van der Waals surface area contributed by atoms with Crippen molar-refractivity contribution in [3.05, 3.63) is 106 Å². The number of morpholine rings is 1. The normalized spacial score (nSPS) is 21.4. The first-order valence-electron chi connectivity index (χ1n) is 22.8. The summed E-state index contributed by atoms with van der Waals surface area (Å²) in [6, 6.07) is 20.8. The topological polar surface area (TPSA) is 182 Å². The van der Waals surface area contributed by atoms with Gasteiger partial charge in [0, 0.05) is 80.3 Å². The van der Waals surface area contributed by atoms with Gasteiger partial charge in [-0.15, -0.1) is 0 Å². The number of amides is 1. The lowest BCUT2D eigenvalue weighted by atomic mass is 9.59. The number of aromatic nitrogens is 2. The van der Waals surface area contributed by atoms with Gasteiger partial charge in [-0.05, 0) is 91.8 Å². The standard InChI is InChI=1S/C48H55N7O9S/c1-31(2)38-6-3-4-7-39(38)41-8-5-15-54(41)34-26-48(27-34)12-16-53(17-13-48)33-9-10-40(43(23-33)63-35-22-32-11-14-49-46(32)50-28-35)47(56)51-65(59,60)37-24-42(55(57)58)45-44(25-37)62-30-36(64-45)29-52-18-20-61-21-19-52/h3-4,6-7,9-11,14,22-25,28,31,34,36,41H,5,8,12-13,15-21,26-27,29-30H2,1-2H3,(H,49,50)(H,51,56)/t36-,41+/m1/s1. The number of carbonyl (C=O) groups excluding carboxylic acids is 1. The van der Waals surface area contributed by atoms with Gasteiger partial charge in [0.25, 0.3) is 15.9 Å². The lowest BCUT2D eigenvalue weighted by Gasteiger charge is -2.56. The van der Waals surface area contributed by atoms with Crippen LogP contribution in [0.25, 0.3) is 11.0 Å². The van der Waals surface area contributed by atoms with Crippen LogP contribution in [0.3, 0.4) is 0 Å². The van der Waals surface area contributed by atoms with Gasteiger partial charge >= 0.3 is 5.69 Å². The van der Waals surface area contributed by atoms with E-state index in [0.29, 0.717) is 67.7 Å². The molecule has 1 saturated carbocycles. The Morgan fingerprint density at radius 2 is 1.83 bits per heavy atom. The molecular formula is C48H55N7O9S. The van der Waals surface area contributed by atoms with Crippen LogP contribution in [0.4, 0.5) is 11.4 Å². The maximum atomic E-state index is 14.1. The Kier molecular flexibility index (Phi) is 11.7. The van der Waals surface area contributed by atoms with Crippen molar-refractivity contribution in [1.82, 2.24) is 24.5 Å². The van der Waals surface area contributed by atoms with E-state index < -0.39 is 37.5 Å². The molecule has 10 rings (SSSR count). The van der Waals surface area contributed by atoms with Crippen LogP contribution >= 0.6 is 0 Å². The number of H-pyrrole nitrogens is 1. The molecular weight excluding hydrogens is 851 g/mol. The fourth-order valence-electron chi connectivity index (χ4n) is 10.7. The zero-order chi connectivity index (χ0) is 44.9. The molecule has 0 radical (unpaired) electrons. The van der Waals surface area contributed by atoms with Crippen LogP contribution in [0.1, 0.15) is 85.8 Å². The van der Waals surface area contributed by atoms with Crippen molar-refractivity contribution < 1.29 is 37.1 Å². The summed E-state index contributed by atoms with van der Waals surface area (Å²) in [4.78, 5) is 39.8. The van der Waals surface area contributed by atoms with Crippen molar-refractivity contribution in [1.29, 1.82) is 0 Å². The molecule has 6 heterocycles. The number of carbonyl (C=O) groups is 1. The highest BCUT2D eigenvalue weighted by Gasteiger charge is 2.50. The molecule has 342 valence electrons. The van der Waals surface area contributed by atoms with Crippen LogP contribution in [0.2, 0.25) is 0 Å². The van der Waals surface area contributed by atoms with Gasteiger partial charge in [0.2, 0.25) is 5.75 Å². The van der Waals surface area contributed by atoms with E-state index in [9.17, 15) is 23.3 Å². The van der Waals surface area contributed by atoms with Crippen LogP contribution in [-0.2, 0) is 14.8 Å². The minimum absolute atomic E-state index is 0.0426. The van der Waals surface area contributed by atoms with E-state index in [4.69, 9.17) is 18.9 Å². The molecule has 3 aromatic carbocycles. The molecule has 1 aliphatic carbocycles.